The summed E-state index contributed by atoms with van der Waals surface area (Å²) in [6.07, 6.45) is 7.26. The van der Waals surface area contributed by atoms with Gasteiger partial charge in [0, 0.05) is 24.7 Å². The molecule has 3 nitrogen and oxygen atoms in total. The van der Waals surface area contributed by atoms with Crippen LogP contribution in [0.25, 0.3) is 10.9 Å². The first-order chi connectivity index (χ1) is 8.97. The van der Waals surface area contributed by atoms with Crippen molar-refractivity contribution >= 4 is 10.9 Å². The van der Waals surface area contributed by atoms with Gasteiger partial charge in [0.25, 0.3) is 0 Å². The second kappa shape index (κ2) is 7.80. The molecule has 1 fully saturated rings. The van der Waals surface area contributed by atoms with Crippen molar-refractivity contribution in [2.45, 2.75) is 25.7 Å². The van der Waals surface area contributed by atoms with Crippen molar-refractivity contribution in [1.29, 1.82) is 0 Å². The number of hydrogen-bond acceptors (Lipinski definition) is 3. The zero-order valence-electron chi connectivity index (χ0n) is 10.7. The van der Waals surface area contributed by atoms with E-state index in [1.807, 2.05) is 30.5 Å². The summed E-state index contributed by atoms with van der Waals surface area (Å²) in [6.45, 7) is 2.28. The molecule has 0 aliphatic carbocycles. The molecule has 3 rings (SSSR count). The van der Waals surface area contributed by atoms with E-state index in [4.69, 9.17) is 0 Å². The second-order valence-corrected chi connectivity index (χ2v) is 4.46. The highest BCUT2D eigenvalue weighted by Gasteiger charge is 1.93. The molecule has 1 aliphatic rings. The Balaban J connectivity index is 0.000000138. The Morgan fingerprint density at radius 3 is 2.17 bits per heavy atom. The lowest BCUT2D eigenvalue weighted by atomic mass is 10.2. The molecule has 0 unspecified atom stereocenters. The first kappa shape index (κ1) is 13.0. The standard InChI is InChI=1S/C9H7N.C6H14N2/c1-2-6-9-8(4-1)5-3-7-10-9;1-2-4-6-8-7-5-3-1/h1-7H;7-8H,1-6H2. The van der Waals surface area contributed by atoms with Crippen molar-refractivity contribution in [2.75, 3.05) is 13.1 Å². The van der Waals surface area contributed by atoms with E-state index in [0.29, 0.717) is 0 Å². The predicted octanol–water partition coefficient (Wildman–Crippen LogP) is 2.89. The number of pyridine rings is 1. The summed E-state index contributed by atoms with van der Waals surface area (Å²) in [6, 6.07) is 12.1. The maximum Gasteiger partial charge on any atom is 0.0701 e. The number of fused-ring (bicyclic) bond motifs is 1. The summed E-state index contributed by atoms with van der Waals surface area (Å²) < 4.78 is 0. The van der Waals surface area contributed by atoms with E-state index >= 15 is 0 Å². The Bertz CT molecular complexity index is 367. The number of hydrazine groups is 1. The summed E-state index contributed by atoms with van der Waals surface area (Å²) in [5, 5.41) is 1.20. The van der Waals surface area contributed by atoms with Crippen LogP contribution in [0.2, 0.25) is 0 Å². The Hall–Kier alpha value is -1.45. The predicted molar refractivity (Wildman–Crippen MR) is 76.2 cm³/mol. The highest BCUT2D eigenvalue weighted by Crippen LogP contribution is 2.07. The van der Waals surface area contributed by atoms with Crippen LogP contribution >= 0.6 is 0 Å². The maximum atomic E-state index is 4.18. The van der Waals surface area contributed by atoms with Crippen molar-refractivity contribution in [3.05, 3.63) is 42.6 Å². The van der Waals surface area contributed by atoms with Gasteiger partial charge in [-0.15, -0.1) is 0 Å². The Morgan fingerprint density at radius 1 is 0.778 bits per heavy atom. The van der Waals surface area contributed by atoms with Crippen molar-refractivity contribution in [1.82, 2.24) is 15.8 Å². The number of nitrogens with zero attached hydrogens (tertiary/aromatic N) is 1. The fourth-order valence-electron chi connectivity index (χ4n) is 1.97. The molecule has 1 aromatic carbocycles. The molecule has 2 heterocycles. The average molecular weight is 243 g/mol. The molecule has 96 valence electrons. The molecule has 1 saturated heterocycles. The Kier molecular flexibility index (Phi) is 5.63. The lowest BCUT2D eigenvalue weighted by molar-refractivity contribution is 0.454. The lowest BCUT2D eigenvalue weighted by Crippen LogP contribution is -2.34. The van der Waals surface area contributed by atoms with Crippen LogP contribution in [-0.4, -0.2) is 18.1 Å². The van der Waals surface area contributed by atoms with Gasteiger partial charge in [0.2, 0.25) is 0 Å². The van der Waals surface area contributed by atoms with Gasteiger partial charge in [-0.05, 0) is 25.0 Å². The van der Waals surface area contributed by atoms with Gasteiger partial charge in [0.05, 0.1) is 5.52 Å². The number of hydrogen-bond donors (Lipinski definition) is 2. The van der Waals surface area contributed by atoms with Gasteiger partial charge in [0.15, 0.2) is 0 Å². The van der Waals surface area contributed by atoms with E-state index in [1.165, 1.54) is 31.1 Å². The Morgan fingerprint density at radius 2 is 1.44 bits per heavy atom. The SMILES string of the molecule is C1CCCNNCC1.c1ccc2ncccc2c1. The van der Waals surface area contributed by atoms with Crippen LogP contribution in [0, 0.1) is 0 Å². The molecule has 3 heteroatoms. The molecule has 0 spiro atoms. The van der Waals surface area contributed by atoms with Crippen molar-refractivity contribution in [2.24, 2.45) is 0 Å². The first-order valence-corrected chi connectivity index (χ1v) is 6.72. The molecule has 0 atom stereocenters. The van der Waals surface area contributed by atoms with Gasteiger partial charge in [-0.1, -0.05) is 37.1 Å². The van der Waals surface area contributed by atoms with Crippen LogP contribution in [0.1, 0.15) is 25.7 Å². The summed E-state index contributed by atoms with van der Waals surface area (Å²) in [7, 11) is 0. The molecule has 0 radical (unpaired) electrons. The average Bonchev–Trinajstić information content (AvgIpc) is 2.39. The summed E-state index contributed by atoms with van der Waals surface area (Å²) in [5.41, 5.74) is 7.33. The number of benzene rings is 1. The van der Waals surface area contributed by atoms with Crippen LogP contribution < -0.4 is 10.9 Å². The van der Waals surface area contributed by atoms with Crippen LogP contribution in [0.5, 0.6) is 0 Å². The van der Waals surface area contributed by atoms with Gasteiger partial charge < -0.3 is 0 Å². The van der Waals surface area contributed by atoms with E-state index in [0.717, 1.165) is 18.6 Å². The molecular formula is C15H21N3. The summed E-state index contributed by atoms with van der Waals surface area (Å²) in [4.78, 5) is 4.18. The number of rotatable bonds is 0. The van der Waals surface area contributed by atoms with Crippen molar-refractivity contribution in [3.63, 3.8) is 0 Å². The number of para-hydroxylation sites is 1. The third-order valence-electron chi connectivity index (χ3n) is 2.99. The van der Waals surface area contributed by atoms with Crippen molar-refractivity contribution in [3.8, 4) is 0 Å². The molecule has 0 amide bonds. The highest BCUT2D eigenvalue weighted by atomic mass is 15.3. The van der Waals surface area contributed by atoms with Gasteiger partial charge in [-0.3, -0.25) is 15.8 Å². The van der Waals surface area contributed by atoms with Crippen molar-refractivity contribution < 1.29 is 0 Å². The van der Waals surface area contributed by atoms with Gasteiger partial charge in [-0.25, -0.2) is 0 Å². The molecule has 0 saturated carbocycles. The maximum absolute atomic E-state index is 4.18. The Labute approximate surface area is 109 Å². The van der Waals surface area contributed by atoms with E-state index in [2.05, 4.69) is 28.0 Å². The smallest absolute Gasteiger partial charge is 0.0701 e. The molecule has 1 aliphatic heterocycles. The van der Waals surface area contributed by atoms with Crippen LogP contribution in [0.4, 0.5) is 0 Å². The number of aromatic nitrogens is 1. The minimum absolute atomic E-state index is 1.06. The lowest BCUT2D eigenvalue weighted by Gasteiger charge is -2.09. The molecule has 2 aromatic rings. The highest BCUT2D eigenvalue weighted by molar-refractivity contribution is 5.77. The fraction of sp³-hybridized carbons (Fsp3) is 0.400. The topological polar surface area (TPSA) is 37.0 Å². The monoisotopic (exact) mass is 243 g/mol. The largest absolute Gasteiger partial charge is 0.258 e. The van der Waals surface area contributed by atoms with Crippen LogP contribution in [-0.2, 0) is 0 Å². The first-order valence-electron chi connectivity index (χ1n) is 6.72. The third-order valence-corrected chi connectivity index (χ3v) is 2.99. The summed E-state index contributed by atoms with van der Waals surface area (Å²) >= 11 is 0. The minimum atomic E-state index is 1.06. The van der Waals surface area contributed by atoms with Crippen LogP contribution in [0.3, 0.4) is 0 Å². The number of nitrogens with one attached hydrogen (secondary N) is 2. The zero-order chi connectivity index (χ0) is 12.5. The molecule has 18 heavy (non-hydrogen) atoms. The van der Waals surface area contributed by atoms with E-state index in [1.54, 1.807) is 0 Å². The second-order valence-electron chi connectivity index (χ2n) is 4.46. The van der Waals surface area contributed by atoms with E-state index in [-0.39, 0.29) is 0 Å². The quantitative estimate of drug-likeness (QED) is 0.747. The molecule has 0 bridgehead atoms. The molecule has 1 aromatic heterocycles. The van der Waals surface area contributed by atoms with E-state index in [9.17, 15) is 0 Å². The zero-order valence-corrected chi connectivity index (χ0v) is 10.7. The van der Waals surface area contributed by atoms with Gasteiger partial charge in [-0.2, -0.15) is 0 Å². The van der Waals surface area contributed by atoms with Crippen LogP contribution in [0.15, 0.2) is 42.6 Å². The third kappa shape index (κ3) is 4.43. The molecular weight excluding hydrogens is 222 g/mol. The fourth-order valence-corrected chi connectivity index (χ4v) is 1.97. The summed E-state index contributed by atoms with van der Waals surface area (Å²) in [5.74, 6) is 0. The minimum Gasteiger partial charge on any atom is -0.258 e. The molecule has 2 N–H and O–H groups in total. The van der Waals surface area contributed by atoms with E-state index < -0.39 is 0 Å². The van der Waals surface area contributed by atoms with Gasteiger partial charge >= 0.3 is 0 Å². The normalized spacial score (nSPS) is 16.2. The van der Waals surface area contributed by atoms with Gasteiger partial charge in [0.1, 0.15) is 0 Å².